The van der Waals surface area contributed by atoms with Crippen LogP contribution in [0.1, 0.15) is 10.4 Å². The van der Waals surface area contributed by atoms with Crippen LogP contribution in [0.15, 0.2) is 24.5 Å². The fourth-order valence-corrected chi connectivity index (χ4v) is 3.36. The molecule has 0 atom stereocenters. The number of fused-ring (bicyclic) bond motifs is 1. The molecule has 7 heteroatoms. The van der Waals surface area contributed by atoms with E-state index in [1.54, 1.807) is 12.4 Å². The Bertz CT molecular complexity index is 885. The van der Waals surface area contributed by atoms with Crippen LogP contribution in [0.25, 0.3) is 21.6 Å². The van der Waals surface area contributed by atoms with Gasteiger partial charge in [-0.3, -0.25) is 4.98 Å². The Hall–Kier alpha value is -2.56. The number of hydrogen-bond acceptors (Lipinski definition) is 7. The molecule has 0 bridgehead atoms. The Kier molecular flexibility index (Phi) is 4.19. The molecule has 116 valence electrons. The van der Waals surface area contributed by atoms with Gasteiger partial charge in [-0.2, -0.15) is 5.26 Å². The van der Waals surface area contributed by atoms with Gasteiger partial charge in [-0.05, 0) is 24.6 Å². The number of pyridine rings is 1. The van der Waals surface area contributed by atoms with E-state index in [4.69, 9.17) is 0 Å². The van der Waals surface area contributed by atoms with Gasteiger partial charge in [0.25, 0.3) is 0 Å². The predicted molar refractivity (Wildman–Crippen MR) is 90.5 cm³/mol. The van der Waals surface area contributed by atoms with Crippen molar-refractivity contribution in [2.75, 3.05) is 25.1 Å². The number of aryl methyl sites for hydroxylation is 1. The molecule has 23 heavy (non-hydrogen) atoms. The first kappa shape index (κ1) is 15.3. The van der Waals surface area contributed by atoms with Gasteiger partial charge in [0.2, 0.25) is 0 Å². The Balaban J connectivity index is 2.28. The van der Waals surface area contributed by atoms with Crippen LogP contribution in [-0.2, 0) is 0 Å². The molecule has 0 spiro atoms. The van der Waals surface area contributed by atoms with Crippen LogP contribution in [0, 0.1) is 18.3 Å². The van der Waals surface area contributed by atoms with Crippen LogP contribution in [0.2, 0.25) is 0 Å². The number of thiophene rings is 1. The molecule has 0 fully saturated rings. The van der Waals surface area contributed by atoms with Crippen molar-refractivity contribution in [3.8, 4) is 17.5 Å². The summed E-state index contributed by atoms with van der Waals surface area (Å²) >= 11 is 1.37. The van der Waals surface area contributed by atoms with Gasteiger partial charge in [-0.15, -0.1) is 11.3 Å². The summed E-state index contributed by atoms with van der Waals surface area (Å²) in [5.41, 5.74) is 1.75. The van der Waals surface area contributed by atoms with Gasteiger partial charge in [-0.25, -0.2) is 9.97 Å². The first-order chi connectivity index (χ1) is 11.2. The molecule has 0 radical (unpaired) electrons. The summed E-state index contributed by atoms with van der Waals surface area (Å²) in [6.45, 7) is 2.39. The van der Waals surface area contributed by atoms with Crippen LogP contribution in [0.3, 0.4) is 0 Å². The molecule has 0 saturated heterocycles. The minimum Gasteiger partial charge on any atom is -0.395 e. The molecule has 3 aromatic heterocycles. The number of aliphatic hydroxyl groups excluding tert-OH is 1. The number of nitriles is 1. The monoisotopic (exact) mass is 325 g/mol. The van der Waals surface area contributed by atoms with Crippen molar-refractivity contribution in [2.45, 2.75) is 6.92 Å². The molecular formula is C16H15N5OS. The molecule has 6 nitrogen and oxygen atoms in total. The molecule has 0 unspecified atom stereocenters. The fraction of sp³-hybridized carbons (Fsp3) is 0.250. The van der Waals surface area contributed by atoms with Crippen molar-refractivity contribution in [3.05, 3.63) is 35.0 Å². The summed E-state index contributed by atoms with van der Waals surface area (Å²) in [4.78, 5) is 16.6. The molecule has 3 aromatic rings. The van der Waals surface area contributed by atoms with Gasteiger partial charge < -0.3 is 10.0 Å². The third-order valence-electron chi connectivity index (χ3n) is 3.61. The zero-order valence-electron chi connectivity index (χ0n) is 12.8. The Morgan fingerprint density at radius 3 is 2.70 bits per heavy atom. The highest BCUT2D eigenvalue weighted by Gasteiger charge is 2.19. The lowest BCUT2D eigenvalue weighted by Gasteiger charge is -2.19. The van der Waals surface area contributed by atoms with E-state index in [1.165, 1.54) is 11.3 Å². The van der Waals surface area contributed by atoms with E-state index in [2.05, 4.69) is 21.0 Å². The van der Waals surface area contributed by atoms with Crippen molar-refractivity contribution in [2.24, 2.45) is 0 Å². The SMILES string of the molecule is Cc1c(C#N)sc2nc(-c3ccncc3)nc(N(C)CCO)c12. The van der Waals surface area contributed by atoms with E-state index in [9.17, 15) is 10.4 Å². The normalized spacial score (nSPS) is 10.7. The number of rotatable bonds is 4. The molecule has 0 aliphatic heterocycles. The van der Waals surface area contributed by atoms with Crippen LogP contribution in [0.5, 0.6) is 0 Å². The molecule has 3 rings (SSSR count). The smallest absolute Gasteiger partial charge is 0.163 e. The van der Waals surface area contributed by atoms with Crippen molar-refractivity contribution in [1.82, 2.24) is 15.0 Å². The van der Waals surface area contributed by atoms with Gasteiger partial charge >= 0.3 is 0 Å². The molecule has 0 saturated carbocycles. The molecule has 3 heterocycles. The van der Waals surface area contributed by atoms with E-state index in [0.717, 1.165) is 27.2 Å². The van der Waals surface area contributed by atoms with Gasteiger partial charge in [0.15, 0.2) is 5.82 Å². The number of aromatic nitrogens is 3. The van der Waals surface area contributed by atoms with Gasteiger partial charge in [0.05, 0.1) is 12.0 Å². The van der Waals surface area contributed by atoms with Crippen molar-refractivity contribution < 1.29 is 5.11 Å². The van der Waals surface area contributed by atoms with Crippen LogP contribution in [-0.4, -0.2) is 40.3 Å². The second-order valence-electron chi connectivity index (χ2n) is 5.10. The fourth-order valence-electron chi connectivity index (χ4n) is 2.39. The van der Waals surface area contributed by atoms with E-state index in [0.29, 0.717) is 17.2 Å². The lowest BCUT2D eigenvalue weighted by Crippen LogP contribution is -2.23. The first-order valence-electron chi connectivity index (χ1n) is 7.09. The van der Waals surface area contributed by atoms with Gasteiger partial charge in [-0.1, -0.05) is 0 Å². The first-order valence-corrected chi connectivity index (χ1v) is 7.91. The second-order valence-corrected chi connectivity index (χ2v) is 6.10. The number of nitrogens with zero attached hydrogens (tertiary/aromatic N) is 5. The Morgan fingerprint density at radius 1 is 1.30 bits per heavy atom. The number of anilines is 1. The summed E-state index contributed by atoms with van der Waals surface area (Å²) in [6.07, 6.45) is 3.39. The summed E-state index contributed by atoms with van der Waals surface area (Å²) in [6, 6.07) is 5.91. The predicted octanol–water partition coefficient (Wildman–Crippen LogP) is 2.36. The number of likely N-dealkylation sites (N-methyl/N-ethyl adjacent to an activating group) is 1. The molecule has 0 aliphatic rings. The van der Waals surface area contributed by atoms with Gasteiger partial charge in [0, 0.05) is 31.5 Å². The maximum Gasteiger partial charge on any atom is 0.163 e. The molecular weight excluding hydrogens is 310 g/mol. The summed E-state index contributed by atoms with van der Waals surface area (Å²) in [7, 11) is 1.87. The van der Waals surface area contributed by atoms with Crippen LogP contribution < -0.4 is 4.90 Å². The molecule has 1 N–H and O–H groups in total. The van der Waals surface area contributed by atoms with Crippen LogP contribution >= 0.6 is 11.3 Å². The maximum absolute atomic E-state index is 9.29. The Morgan fingerprint density at radius 2 is 2.04 bits per heavy atom. The minimum atomic E-state index is 0.0286. The average Bonchev–Trinajstić information content (AvgIpc) is 2.91. The lowest BCUT2D eigenvalue weighted by atomic mass is 10.2. The quantitative estimate of drug-likeness (QED) is 0.792. The number of aliphatic hydroxyl groups is 1. The zero-order valence-corrected chi connectivity index (χ0v) is 13.6. The maximum atomic E-state index is 9.29. The van der Waals surface area contributed by atoms with E-state index in [-0.39, 0.29) is 6.61 Å². The second kappa shape index (κ2) is 6.28. The highest BCUT2D eigenvalue weighted by Crippen LogP contribution is 2.36. The van der Waals surface area contributed by atoms with Gasteiger partial charge in [0.1, 0.15) is 21.6 Å². The highest BCUT2D eigenvalue weighted by molar-refractivity contribution is 7.19. The summed E-state index contributed by atoms with van der Waals surface area (Å²) in [5.74, 6) is 1.32. The minimum absolute atomic E-state index is 0.0286. The molecule has 0 amide bonds. The summed E-state index contributed by atoms with van der Waals surface area (Å²) in [5, 5.41) is 19.4. The van der Waals surface area contributed by atoms with Crippen molar-refractivity contribution in [1.29, 1.82) is 5.26 Å². The lowest BCUT2D eigenvalue weighted by molar-refractivity contribution is 0.304. The van der Waals surface area contributed by atoms with Crippen molar-refractivity contribution in [3.63, 3.8) is 0 Å². The van der Waals surface area contributed by atoms with Crippen molar-refractivity contribution >= 4 is 27.4 Å². The molecule has 0 aliphatic carbocycles. The standard InChI is InChI=1S/C16H15N5OS/c1-10-12(9-17)23-16-13(10)15(21(2)7-8-22)19-14(20-16)11-3-5-18-6-4-11/h3-6,22H,7-8H2,1-2H3. The third kappa shape index (κ3) is 2.74. The average molecular weight is 325 g/mol. The van der Waals surface area contributed by atoms with Crippen LogP contribution in [0.4, 0.5) is 5.82 Å². The third-order valence-corrected chi connectivity index (χ3v) is 4.70. The Labute approximate surface area is 137 Å². The highest BCUT2D eigenvalue weighted by atomic mass is 32.1. The van der Waals surface area contributed by atoms with E-state index < -0.39 is 0 Å². The zero-order chi connectivity index (χ0) is 16.4. The van der Waals surface area contributed by atoms with E-state index >= 15 is 0 Å². The largest absolute Gasteiger partial charge is 0.395 e. The number of hydrogen-bond donors (Lipinski definition) is 1. The topological polar surface area (TPSA) is 85.9 Å². The molecule has 0 aromatic carbocycles. The summed E-state index contributed by atoms with van der Waals surface area (Å²) < 4.78 is 0. The van der Waals surface area contributed by atoms with E-state index in [1.807, 2.05) is 31.0 Å².